The molecular weight excluding hydrogens is 473 g/mol. The molecule has 35 heavy (non-hydrogen) atoms. The minimum atomic E-state index is -0.397. The summed E-state index contributed by atoms with van der Waals surface area (Å²) in [7, 11) is 6.15. The zero-order chi connectivity index (χ0) is 25.4. The van der Waals surface area contributed by atoms with Gasteiger partial charge in [-0.15, -0.1) is 0 Å². The summed E-state index contributed by atoms with van der Waals surface area (Å²) in [6.45, 7) is 0. The number of Topliss-reactive ketones (excluding diaryl/α,β-unsaturated/α-hetero) is 1. The number of hydrogen-bond acceptors (Lipinski definition) is 6. The number of ether oxygens (including phenoxy) is 4. The number of rotatable bonds is 10. The Morgan fingerprint density at radius 1 is 0.857 bits per heavy atom. The van der Waals surface area contributed by atoms with Gasteiger partial charge in [-0.1, -0.05) is 23.8 Å². The molecule has 0 aliphatic heterocycles. The number of carbonyl (C=O) groups excluding carboxylic acids is 1. The maximum absolute atomic E-state index is 13.1. The Balaban J connectivity index is 1.85. The Hall–Kier alpha value is -3.84. The zero-order valence-corrected chi connectivity index (χ0v) is 20.6. The molecule has 0 aliphatic carbocycles. The molecule has 8 heteroatoms. The second-order valence-electron chi connectivity index (χ2n) is 7.29. The lowest BCUT2D eigenvalue weighted by atomic mass is 10.1. The molecule has 0 aromatic heterocycles. The fraction of sp³-hybridized carbons (Fsp3) is 0.185. The quantitative estimate of drug-likeness (QED) is 0.178. The highest BCUT2D eigenvalue weighted by Gasteiger charge is 2.13. The summed E-state index contributed by atoms with van der Waals surface area (Å²) >= 11 is 6.41. The average molecular weight is 498 g/mol. The van der Waals surface area contributed by atoms with Gasteiger partial charge in [-0.2, -0.15) is 0 Å². The molecular formula is C27H25ClFNO5. The normalized spacial score (nSPS) is 11.1. The van der Waals surface area contributed by atoms with Crippen LogP contribution in [0.5, 0.6) is 23.0 Å². The molecule has 0 aliphatic rings. The number of methoxy groups -OCH3 is 4. The molecule has 3 aromatic carbocycles. The summed E-state index contributed by atoms with van der Waals surface area (Å²) in [5.41, 5.74) is 2.46. The first-order chi connectivity index (χ1) is 16.9. The summed E-state index contributed by atoms with van der Waals surface area (Å²) < 4.78 is 34.6. The number of benzene rings is 3. The maximum Gasteiger partial charge on any atom is 0.203 e. The highest BCUT2D eigenvalue weighted by molar-refractivity contribution is 6.32. The van der Waals surface area contributed by atoms with E-state index in [1.54, 1.807) is 33.5 Å². The fourth-order valence-electron chi connectivity index (χ4n) is 3.36. The molecule has 0 unspecified atom stereocenters. The van der Waals surface area contributed by atoms with Crippen molar-refractivity contribution in [3.05, 3.63) is 76.1 Å². The Kier molecular flexibility index (Phi) is 8.86. The van der Waals surface area contributed by atoms with E-state index in [1.807, 2.05) is 24.3 Å². The van der Waals surface area contributed by atoms with Crippen LogP contribution in [0.4, 0.5) is 10.1 Å². The summed E-state index contributed by atoms with van der Waals surface area (Å²) in [4.78, 5) is 16.7. The summed E-state index contributed by atoms with van der Waals surface area (Å²) in [5, 5.41) is 0.372. The van der Waals surface area contributed by atoms with Crippen LogP contribution in [-0.4, -0.2) is 40.4 Å². The molecule has 0 bridgehead atoms. The van der Waals surface area contributed by atoms with Crippen molar-refractivity contribution >= 4 is 41.4 Å². The summed E-state index contributed by atoms with van der Waals surface area (Å²) in [6.07, 6.45) is 5.24. The van der Waals surface area contributed by atoms with Crippen molar-refractivity contribution in [3.8, 4) is 23.0 Å². The molecule has 0 saturated carbocycles. The predicted molar refractivity (Wildman–Crippen MR) is 137 cm³/mol. The van der Waals surface area contributed by atoms with E-state index in [1.165, 1.54) is 37.6 Å². The van der Waals surface area contributed by atoms with Crippen molar-refractivity contribution in [2.45, 2.75) is 6.42 Å². The van der Waals surface area contributed by atoms with Crippen molar-refractivity contribution in [2.75, 3.05) is 28.4 Å². The predicted octanol–water partition coefficient (Wildman–Crippen LogP) is 6.66. The lowest BCUT2D eigenvalue weighted by Gasteiger charge is -2.13. The Labute approximate surface area is 208 Å². The molecule has 6 nitrogen and oxygen atoms in total. The van der Waals surface area contributed by atoms with Crippen molar-refractivity contribution in [3.63, 3.8) is 0 Å². The first-order valence-corrected chi connectivity index (χ1v) is 10.9. The third kappa shape index (κ3) is 6.39. The van der Waals surface area contributed by atoms with E-state index in [2.05, 4.69) is 4.99 Å². The van der Waals surface area contributed by atoms with E-state index in [0.29, 0.717) is 39.3 Å². The lowest BCUT2D eigenvalue weighted by Crippen LogP contribution is -1.99. The first kappa shape index (κ1) is 25.8. The molecule has 0 atom stereocenters. The monoisotopic (exact) mass is 497 g/mol. The van der Waals surface area contributed by atoms with Crippen LogP contribution in [0, 0.1) is 5.82 Å². The summed E-state index contributed by atoms with van der Waals surface area (Å²) in [5.74, 6) is 1.39. The van der Waals surface area contributed by atoms with Crippen LogP contribution in [0.15, 0.2) is 53.5 Å². The molecule has 0 heterocycles. The minimum Gasteiger partial charge on any atom is -0.493 e. The zero-order valence-electron chi connectivity index (χ0n) is 19.8. The van der Waals surface area contributed by atoms with Crippen LogP contribution in [0.3, 0.4) is 0 Å². The average Bonchev–Trinajstić information content (AvgIpc) is 2.86. The third-order valence-electron chi connectivity index (χ3n) is 5.08. The van der Waals surface area contributed by atoms with Gasteiger partial charge in [0, 0.05) is 18.2 Å². The van der Waals surface area contributed by atoms with Gasteiger partial charge in [0.1, 0.15) is 11.5 Å². The van der Waals surface area contributed by atoms with E-state index >= 15 is 0 Å². The Bertz CT molecular complexity index is 1230. The lowest BCUT2D eigenvalue weighted by molar-refractivity contribution is 0.100. The van der Waals surface area contributed by atoms with Gasteiger partial charge in [0.25, 0.3) is 0 Å². The van der Waals surface area contributed by atoms with E-state index in [-0.39, 0.29) is 12.2 Å². The highest BCUT2D eigenvalue weighted by Crippen LogP contribution is 2.39. The van der Waals surface area contributed by atoms with Gasteiger partial charge in [-0.3, -0.25) is 9.79 Å². The van der Waals surface area contributed by atoms with Crippen molar-refractivity contribution in [1.29, 1.82) is 0 Å². The van der Waals surface area contributed by atoms with Crippen LogP contribution >= 0.6 is 11.6 Å². The smallest absolute Gasteiger partial charge is 0.203 e. The molecule has 0 spiro atoms. The number of carbonyl (C=O) groups is 1. The molecule has 0 N–H and O–H groups in total. The highest BCUT2D eigenvalue weighted by atomic mass is 35.5. The number of hydrogen-bond donors (Lipinski definition) is 0. The molecule has 0 amide bonds. The van der Waals surface area contributed by atoms with Crippen molar-refractivity contribution < 1.29 is 28.1 Å². The van der Waals surface area contributed by atoms with Crippen molar-refractivity contribution in [1.82, 2.24) is 0 Å². The number of ketones is 1. The third-order valence-corrected chi connectivity index (χ3v) is 5.36. The van der Waals surface area contributed by atoms with Gasteiger partial charge in [0.05, 0.1) is 33.5 Å². The van der Waals surface area contributed by atoms with Gasteiger partial charge < -0.3 is 18.9 Å². The molecule has 182 valence electrons. The first-order valence-electron chi connectivity index (χ1n) is 10.6. The second kappa shape index (κ2) is 12.0. The SMILES string of the molecule is COc1cc(/C=C\c2cc(Cl)c(OC)c(N=CCC(=O)c3ccc(F)cc3)c2)cc(OC)c1OC. The number of aliphatic imine (C=N–C) groups is 1. The van der Waals surface area contributed by atoms with E-state index in [0.717, 1.165) is 11.1 Å². The Morgan fingerprint density at radius 3 is 1.97 bits per heavy atom. The van der Waals surface area contributed by atoms with Gasteiger partial charge in [0.2, 0.25) is 5.75 Å². The molecule has 0 fully saturated rings. The van der Waals surface area contributed by atoms with Crippen LogP contribution in [0.2, 0.25) is 5.02 Å². The standard InChI is InChI=1S/C27H25ClFNO5/c1-32-24-15-18(16-25(33-2)27(24)35-4)6-5-17-13-21(28)26(34-3)22(14-17)30-12-11-23(31)19-7-9-20(29)10-8-19/h5-10,12-16H,11H2,1-4H3/b6-5-,30-12?. The molecule has 3 rings (SSSR count). The van der Waals surface area contributed by atoms with Gasteiger partial charge in [-0.25, -0.2) is 4.39 Å². The van der Waals surface area contributed by atoms with Crippen LogP contribution in [0.25, 0.3) is 12.2 Å². The van der Waals surface area contributed by atoms with E-state index in [4.69, 9.17) is 30.5 Å². The van der Waals surface area contributed by atoms with Gasteiger partial charge in [0.15, 0.2) is 23.0 Å². The van der Waals surface area contributed by atoms with E-state index < -0.39 is 5.82 Å². The van der Waals surface area contributed by atoms with Crippen LogP contribution < -0.4 is 18.9 Å². The molecule has 3 aromatic rings. The van der Waals surface area contributed by atoms with Gasteiger partial charge >= 0.3 is 0 Å². The number of halogens is 2. The van der Waals surface area contributed by atoms with Crippen LogP contribution in [-0.2, 0) is 0 Å². The molecule has 0 saturated heterocycles. The summed E-state index contributed by atoms with van der Waals surface area (Å²) in [6, 6.07) is 12.6. The fourth-order valence-corrected chi connectivity index (χ4v) is 3.66. The van der Waals surface area contributed by atoms with Gasteiger partial charge in [-0.05, 0) is 59.7 Å². The topological polar surface area (TPSA) is 66.4 Å². The number of nitrogens with zero attached hydrogens (tertiary/aromatic N) is 1. The minimum absolute atomic E-state index is 0.0396. The second-order valence-corrected chi connectivity index (χ2v) is 7.70. The largest absolute Gasteiger partial charge is 0.493 e. The Morgan fingerprint density at radius 2 is 1.43 bits per heavy atom. The van der Waals surface area contributed by atoms with E-state index in [9.17, 15) is 9.18 Å². The molecule has 0 radical (unpaired) electrons. The maximum atomic E-state index is 13.1. The van der Waals surface area contributed by atoms with Crippen LogP contribution in [0.1, 0.15) is 27.9 Å². The van der Waals surface area contributed by atoms with Crippen molar-refractivity contribution in [2.24, 2.45) is 4.99 Å².